The minimum Gasteiger partial charge on any atom is -0.490 e. The molecule has 14 heteroatoms. The molecule has 1 N–H and O–H groups in total. The fourth-order valence-electron chi connectivity index (χ4n) is 4.14. The molecule has 3 aromatic rings. The van der Waals surface area contributed by atoms with E-state index in [1.807, 2.05) is 13.8 Å². The van der Waals surface area contributed by atoms with Crippen molar-refractivity contribution in [3.05, 3.63) is 89.7 Å². The average molecular weight is 771 g/mol. The van der Waals surface area contributed by atoms with Crippen LogP contribution in [0.25, 0.3) is 6.08 Å². The molecule has 1 aliphatic rings. The van der Waals surface area contributed by atoms with E-state index >= 15 is 0 Å². The van der Waals surface area contributed by atoms with Crippen molar-refractivity contribution in [1.29, 1.82) is 0 Å². The van der Waals surface area contributed by atoms with E-state index in [0.29, 0.717) is 56.4 Å². The summed E-state index contributed by atoms with van der Waals surface area (Å²) >= 11 is 22.6. The number of carbonyl (C=O) groups is 4. The summed E-state index contributed by atoms with van der Waals surface area (Å²) in [6, 6.07) is 12.8. The number of hydrogen-bond donors (Lipinski definition) is 1. The summed E-state index contributed by atoms with van der Waals surface area (Å²) in [6.45, 7) is 3.99. The minimum atomic E-state index is -0.639. The second-order valence-corrected chi connectivity index (χ2v) is 12.9. The molecule has 4 rings (SSSR count). The molecular formula is C32H28BrCl3N2O7S. The SMILES string of the molecule is CCCCOC(=O)c1cc(NC(=O)CN2C(=O)S/C(=C\c3cc(Br)c(OCc4ccc(Cl)cc4Cl)c(OCC)c3)C2=O)ccc1Cl. The number of hydrogen-bond acceptors (Lipinski definition) is 8. The Hall–Kier alpha value is -3.22. The van der Waals surface area contributed by atoms with Crippen LogP contribution in [0.15, 0.2) is 57.9 Å². The molecule has 1 aliphatic heterocycles. The van der Waals surface area contributed by atoms with Crippen molar-refractivity contribution in [2.45, 2.75) is 33.3 Å². The molecule has 0 unspecified atom stereocenters. The van der Waals surface area contributed by atoms with Crippen molar-refractivity contribution in [3.63, 3.8) is 0 Å². The van der Waals surface area contributed by atoms with Crippen LogP contribution in [0, 0.1) is 0 Å². The maximum atomic E-state index is 13.2. The molecule has 0 saturated carbocycles. The zero-order valence-corrected chi connectivity index (χ0v) is 29.3. The van der Waals surface area contributed by atoms with Gasteiger partial charge >= 0.3 is 5.97 Å². The van der Waals surface area contributed by atoms with Gasteiger partial charge in [0.25, 0.3) is 11.1 Å². The van der Waals surface area contributed by atoms with E-state index in [0.717, 1.165) is 16.9 Å². The maximum absolute atomic E-state index is 13.2. The molecule has 0 spiro atoms. The topological polar surface area (TPSA) is 111 Å². The number of anilines is 1. The highest BCUT2D eigenvalue weighted by Gasteiger charge is 2.36. The third-order valence-electron chi connectivity index (χ3n) is 6.39. The highest BCUT2D eigenvalue weighted by Crippen LogP contribution is 2.40. The standard InChI is InChI=1S/C32H28BrCl3N2O7S/c1-3-5-10-44-31(41)22-15-21(8-9-24(22)35)37-28(39)16-38-30(40)27(46-32(38)42)13-18-11-23(33)29(26(12-18)43-4-2)45-17-19-6-7-20(34)14-25(19)36/h6-9,11-15H,3-5,10,16-17H2,1-2H3,(H,37,39)/b27-13-. The summed E-state index contributed by atoms with van der Waals surface area (Å²) in [5.41, 5.74) is 1.63. The second kappa shape index (κ2) is 16.6. The van der Waals surface area contributed by atoms with Gasteiger partial charge in [0, 0.05) is 21.3 Å². The third-order valence-corrected chi connectivity index (χ3v) is 8.81. The number of unbranched alkanes of at least 4 members (excludes halogenated alkanes) is 1. The number of carbonyl (C=O) groups excluding carboxylic acids is 4. The van der Waals surface area contributed by atoms with E-state index in [1.54, 1.807) is 30.3 Å². The zero-order valence-electron chi connectivity index (χ0n) is 24.7. The normalized spacial score (nSPS) is 13.7. The van der Waals surface area contributed by atoms with Crippen LogP contribution in [0.2, 0.25) is 15.1 Å². The number of amides is 3. The highest BCUT2D eigenvalue weighted by atomic mass is 79.9. The van der Waals surface area contributed by atoms with E-state index < -0.39 is 29.6 Å². The molecule has 1 fully saturated rings. The number of rotatable bonds is 13. The summed E-state index contributed by atoms with van der Waals surface area (Å²) in [7, 11) is 0. The molecule has 46 heavy (non-hydrogen) atoms. The Labute approximate surface area is 293 Å². The molecule has 9 nitrogen and oxygen atoms in total. The van der Waals surface area contributed by atoms with Gasteiger partial charge in [-0.3, -0.25) is 19.3 Å². The number of nitrogens with one attached hydrogen (secondary N) is 1. The number of thioether (sulfide) groups is 1. The Morgan fingerprint density at radius 1 is 1.00 bits per heavy atom. The second-order valence-electron chi connectivity index (χ2n) is 9.79. The molecule has 0 bridgehead atoms. The first-order valence-corrected chi connectivity index (χ1v) is 16.8. The summed E-state index contributed by atoms with van der Waals surface area (Å²) in [5.74, 6) is -1.05. The van der Waals surface area contributed by atoms with E-state index in [2.05, 4.69) is 21.2 Å². The Balaban J connectivity index is 1.45. The summed E-state index contributed by atoms with van der Waals surface area (Å²) in [6.07, 6.45) is 3.10. The number of esters is 1. The summed E-state index contributed by atoms with van der Waals surface area (Å²) in [5, 5.41) is 3.13. The maximum Gasteiger partial charge on any atom is 0.339 e. The smallest absolute Gasteiger partial charge is 0.339 e. The van der Waals surface area contributed by atoms with Crippen LogP contribution in [0.5, 0.6) is 11.5 Å². The van der Waals surface area contributed by atoms with Gasteiger partial charge in [-0.15, -0.1) is 0 Å². The van der Waals surface area contributed by atoms with E-state index in [9.17, 15) is 19.2 Å². The van der Waals surface area contributed by atoms with Gasteiger partial charge in [0.15, 0.2) is 11.5 Å². The quantitative estimate of drug-likeness (QED) is 0.104. The van der Waals surface area contributed by atoms with Gasteiger partial charge in [0.1, 0.15) is 13.2 Å². The van der Waals surface area contributed by atoms with Gasteiger partial charge < -0.3 is 19.5 Å². The molecule has 0 aromatic heterocycles. The third kappa shape index (κ3) is 9.19. The lowest BCUT2D eigenvalue weighted by atomic mass is 10.1. The predicted octanol–water partition coefficient (Wildman–Crippen LogP) is 9.02. The molecule has 0 aliphatic carbocycles. The molecule has 0 atom stereocenters. The fourth-order valence-corrected chi connectivity index (χ4v) is 6.21. The van der Waals surface area contributed by atoms with Gasteiger partial charge in [-0.1, -0.05) is 54.2 Å². The van der Waals surface area contributed by atoms with Crippen molar-refractivity contribution in [2.24, 2.45) is 0 Å². The molecule has 3 amide bonds. The Bertz CT molecular complexity index is 1700. The van der Waals surface area contributed by atoms with Gasteiger partial charge in [-0.25, -0.2) is 4.79 Å². The minimum absolute atomic E-state index is 0.0902. The van der Waals surface area contributed by atoms with Crippen molar-refractivity contribution < 1.29 is 33.4 Å². The molecule has 1 heterocycles. The monoisotopic (exact) mass is 768 g/mol. The Morgan fingerprint density at radius 3 is 2.50 bits per heavy atom. The summed E-state index contributed by atoms with van der Waals surface area (Å²) in [4.78, 5) is 52.1. The van der Waals surface area contributed by atoms with Crippen LogP contribution in [0.4, 0.5) is 10.5 Å². The van der Waals surface area contributed by atoms with Gasteiger partial charge in [0.05, 0.1) is 33.2 Å². The van der Waals surface area contributed by atoms with Crippen LogP contribution in [-0.4, -0.2) is 47.7 Å². The van der Waals surface area contributed by atoms with E-state index in [1.165, 1.54) is 24.3 Å². The molecule has 0 radical (unpaired) electrons. The first kappa shape index (κ1) is 35.6. The Kier molecular flexibility index (Phi) is 12.8. The largest absolute Gasteiger partial charge is 0.490 e. The zero-order chi connectivity index (χ0) is 33.4. The first-order valence-electron chi connectivity index (χ1n) is 14.1. The van der Waals surface area contributed by atoms with Crippen molar-refractivity contribution in [2.75, 3.05) is 25.1 Å². The lowest BCUT2D eigenvalue weighted by Gasteiger charge is -2.15. The molecule has 1 saturated heterocycles. The highest BCUT2D eigenvalue weighted by molar-refractivity contribution is 9.10. The fraction of sp³-hybridized carbons (Fsp3) is 0.250. The van der Waals surface area contributed by atoms with Crippen LogP contribution >= 0.6 is 62.5 Å². The van der Waals surface area contributed by atoms with Crippen LogP contribution in [0.3, 0.4) is 0 Å². The van der Waals surface area contributed by atoms with E-state index in [4.69, 9.17) is 49.0 Å². The van der Waals surface area contributed by atoms with Crippen LogP contribution < -0.4 is 14.8 Å². The van der Waals surface area contributed by atoms with Crippen LogP contribution in [0.1, 0.15) is 48.2 Å². The molecule has 242 valence electrons. The Morgan fingerprint density at radius 2 is 1.78 bits per heavy atom. The van der Waals surface area contributed by atoms with E-state index in [-0.39, 0.29) is 34.4 Å². The number of benzene rings is 3. The number of halogens is 4. The predicted molar refractivity (Wildman–Crippen MR) is 184 cm³/mol. The lowest BCUT2D eigenvalue weighted by molar-refractivity contribution is -0.127. The average Bonchev–Trinajstić information content (AvgIpc) is 3.25. The molecule has 3 aromatic carbocycles. The number of ether oxygens (including phenoxy) is 3. The van der Waals surface area contributed by atoms with Crippen LogP contribution in [-0.2, 0) is 20.9 Å². The van der Waals surface area contributed by atoms with Gasteiger partial charge in [0.2, 0.25) is 5.91 Å². The van der Waals surface area contributed by atoms with Gasteiger partial charge in [-0.05, 0) is 95.1 Å². The first-order chi connectivity index (χ1) is 22.0. The van der Waals surface area contributed by atoms with Gasteiger partial charge in [-0.2, -0.15) is 0 Å². The lowest BCUT2D eigenvalue weighted by Crippen LogP contribution is -2.36. The number of nitrogens with zero attached hydrogens (tertiary/aromatic N) is 1. The number of imide groups is 1. The van der Waals surface area contributed by atoms with Crippen molar-refractivity contribution in [1.82, 2.24) is 4.90 Å². The van der Waals surface area contributed by atoms with Crippen molar-refractivity contribution in [3.8, 4) is 11.5 Å². The summed E-state index contributed by atoms with van der Waals surface area (Å²) < 4.78 is 17.6. The van der Waals surface area contributed by atoms with Crippen molar-refractivity contribution >= 4 is 97.3 Å². The molecular weight excluding hydrogens is 743 g/mol.